The van der Waals surface area contributed by atoms with E-state index in [0.717, 1.165) is 24.6 Å². The lowest BCUT2D eigenvalue weighted by atomic mass is 10.00. The van der Waals surface area contributed by atoms with Gasteiger partial charge in [0.2, 0.25) is 0 Å². The molecule has 0 amide bonds. The molecule has 1 heterocycles. The summed E-state index contributed by atoms with van der Waals surface area (Å²) in [5.74, 6) is 0.737. The Balaban J connectivity index is 1.74. The molecule has 3 heteroatoms. The summed E-state index contributed by atoms with van der Waals surface area (Å²) < 4.78 is 13.4. The van der Waals surface area contributed by atoms with E-state index >= 15 is 0 Å². The van der Waals surface area contributed by atoms with Gasteiger partial charge in [0.15, 0.2) is 0 Å². The Labute approximate surface area is 115 Å². The van der Waals surface area contributed by atoms with Crippen molar-refractivity contribution >= 4 is 0 Å². The third-order valence-corrected chi connectivity index (χ3v) is 4.67. The average molecular weight is 262 g/mol. The van der Waals surface area contributed by atoms with Crippen LogP contribution in [-0.2, 0) is 0 Å². The van der Waals surface area contributed by atoms with E-state index in [1.807, 2.05) is 12.1 Å². The smallest absolute Gasteiger partial charge is 0.123 e. The standard InChI is InChI=1S/C16H23FN2/c1-11-9-18-16(13-6-7-13)10-19(11)12(2)14-4-3-5-15(17)8-14/h3-5,8,11-13,16,18H,6-7,9-10H2,1-2H3. The fraction of sp³-hybridized carbons (Fsp3) is 0.625. The van der Waals surface area contributed by atoms with Gasteiger partial charge in [-0.1, -0.05) is 12.1 Å². The highest BCUT2D eigenvalue weighted by atomic mass is 19.1. The average Bonchev–Trinajstić information content (AvgIpc) is 3.23. The quantitative estimate of drug-likeness (QED) is 0.901. The molecular weight excluding hydrogens is 239 g/mol. The van der Waals surface area contributed by atoms with Crippen LogP contribution in [0.25, 0.3) is 0 Å². The monoisotopic (exact) mass is 262 g/mol. The van der Waals surface area contributed by atoms with Gasteiger partial charge in [-0.2, -0.15) is 0 Å². The van der Waals surface area contributed by atoms with Crippen LogP contribution >= 0.6 is 0 Å². The zero-order chi connectivity index (χ0) is 13.4. The predicted octanol–water partition coefficient (Wildman–Crippen LogP) is 2.96. The zero-order valence-electron chi connectivity index (χ0n) is 11.8. The molecule has 0 bridgehead atoms. The van der Waals surface area contributed by atoms with E-state index < -0.39 is 0 Å². The highest BCUT2D eigenvalue weighted by Gasteiger charge is 2.37. The molecule has 1 aliphatic heterocycles. The molecule has 2 nitrogen and oxygen atoms in total. The Bertz CT molecular complexity index is 444. The van der Waals surface area contributed by atoms with Crippen LogP contribution in [0.3, 0.4) is 0 Å². The van der Waals surface area contributed by atoms with Gasteiger partial charge in [0.1, 0.15) is 5.82 Å². The Morgan fingerprint density at radius 3 is 2.84 bits per heavy atom. The van der Waals surface area contributed by atoms with Crippen molar-refractivity contribution in [2.24, 2.45) is 5.92 Å². The second kappa shape index (κ2) is 5.22. The summed E-state index contributed by atoms with van der Waals surface area (Å²) in [6.07, 6.45) is 2.74. The third kappa shape index (κ3) is 2.82. The molecule has 0 radical (unpaired) electrons. The van der Waals surface area contributed by atoms with E-state index in [-0.39, 0.29) is 11.9 Å². The molecule has 3 rings (SSSR count). The topological polar surface area (TPSA) is 15.3 Å². The van der Waals surface area contributed by atoms with E-state index in [9.17, 15) is 4.39 Å². The van der Waals surface area contributed by atoms with Crippen LogP contribution in [0.5, 0.6) is 0 Å². The molecule has 2 fully saturated rings. The summed E-state index contributed by atoms with van der Waals surface area (Å²) in [5.41, 5.74) is 1.09. The molecule has 19 heavy (non-hydrogen) atoms. The van der Waals surface area contributed by atoms with Gasteiger partial charge in [0.25, 0.3) is 0 Å². The van der Waals surface area contributed by atoms with Crippen molar-refractivity contribution in [3.8, 4) is 0 Å². The molecule has 0 aromatic heterocycles. The van der Waals surface area contributed by atoms with Crippen LogP contribution in [0.1, 0.15) is 38.3 Å². The Kier molecular flexibility index (Phi) is 3.59. The molecule has 104 valence electrons. The maximum Gasteiger partial charge on any atom is 0.123 e. The van der Waals surface area contributed by atoms with Gasteiger partial charge in [-0.3, -0.25) is 4.90 Å². The first-order valence-electron chi connectivity index (χ1n) is 7.39. The van der Waals surface area contributed by atoms with Crippen molar-refractivity contribution in [2.75, 3.05) is 13.1 Å². The van der Waals surface area contributed by atoms with Crippen molar-refractivity contribution in [1.29, 1.82) is 0 Å². The Morgan fingerprint density at radius 1 is 1.37 bits per heavy atom. The van der Waals surface area contributed by atoms with Gasteiger partial charge >= 0.3 is 0 Å². The molecule has 3 unspecified atom stereocenters. The molecular formula is C16H23FN2. The fourth-order valence-corrected chi connectivity index (χ4v) is 3.22. The van der Waals surface area contributed by atoms with Crippen molar-refractivity contribution in [1.82, 2.24) is 10.2 Å². The number of benzene rings is 1. The van der Waals surface area contributed by atoms with Gasteiger partial charge in [-0.15, -0.1) is 0 Å². The van der Waals surface area contributed by atoms with Crippen LogP contribution < -0.4 is 5.32 Å². The second-order valence-corrected chi connectivity index (χ2v) is 6.13. The van der Waals surface area contributed by atoms with Crippen LogP contribution in [0.2, 0.25) is 0 Å². The van der Waals surface area contributed by atoms with E-state index in [2.05, 4.69) is 24.1 Å². The Morgan fingerprint density at radius 2 is 2.16 bits per heavy atom. The zero-order valence-corrected chi connectivity index (χ0v) is 11.8. The van der Waals surface area contributed by atoms with Gasteiger partial charge in [0, 0.05) is 31.2 Å². The second-order valence-electron chi connectivity index (χ2n) is 6.13. The molecule has 1 aliphatic carbocycles. The first-order valence-corrected chi connectivity index (χ1v) is 7.39. The highest BCUT2D eigenvalue weighted by Crippen LogP contribution is 2.36. The van der Waals surface area contributed by atoms with Crippen molar-refractivity contribution in [3.05, 3.63) is 35.6 Å². The first kappa shape index (κ1) is 13.1. The van der Waals surface area contributed by atoms with Crippen molar-refractivity contribution < 1.29 is 4.39 Å². The molecule has 1 saturated carbocycles. The van der Waals surface area contributed by atoms with E-state index in [1.54, 1.807) is 6.07 Å². The number of nitrogens with zero attached hydrogens (tertiary/aromatic N) is 1. The van der Waals surface area contributed by atoms with E-state index in [0.29, 0.717) is 12.1 Å². The van der Waals surface area contributed by atoms with Crippen LogP contribution in [-0.4, -0.2) is 30.1 Å². The maximum absolute atomic E-state index is 13.4. The summed E-state index contributed by atoms with van der Waals surface area (Å²) in [6.45, 7) is 6.58. The van der Waals surface area contributed by atoms with Crippen molar-refractivity contribution in [3.63, 3.8) is 0 Å². The Hall–Kier alpha value is -0.930. The fourth-order valence-electron chi connectivity index (χ4n) is 3.22. The summed E-state index contributed by atoms with van der Waals surface area (Å²) in [7, 11) is 0. The minimum absolute atomic E-state index is 0.133. The lowest BCUT2D eigenvalue weighted by molar-refractivity contribution is 0.0923. The summed E-state index contributed by atoms with van der Waals surface area (Å²) in [5, 5.41) is 3.66. The molecule has 1 saturated heterocycles. The molecule has 1 aromatic rings. The molecule has 2 aliphatic rings. The lowest BCUT2D eigenvalue weighted by Crippen LogP contribution is -2.56. The summed E-state index contributed by atoms with van der Waals surface area (Å²) >= 11 is 0. The van der Waals surface area contributed by atoms with Gasteiger partial charge in [-0.05, 0) is 50.3 Å². The van der Waals surface area contributed by atoms with Gasteiger partial charge in [-0.25, -0.2) is 4.39 Å². The number of piperazine rings is 1. The third-order valence-electron chi connectivity index (χ3n) is 4.67. The van der Waals surface area contributed by atoms with Gasteiger partial charge in [0.05, 0.1) is 0 Å². The molecule has 1 N–H and O–H groups in total. The van der Waals surface area contributed by atoms with Crippen LogP contribution in [0, 0.1) is 11.7 Å². The number of halogens is 1. The molecule has 0 spiro atoms. The lowest BCUT2D eigenvalue weighted by Gasteiger charge is -2.42. The van der Waals surface area contributed by atoms with Crippen molar-refractivity contribution in [2.45, 2.75) is 44.8 Å². The number of hydrogen-bond acceptors (Lipinski definition) is 2. The van der Waals surface area contributed by atoms with Crippen LogP contribution in [0.4, 0.5) is 4.39 Å². The number of rotatable bonds is 3. The van der Waals surface area contributed by atoms with Crippen LogP contribution in [0.15, 0.2) is 24.3 Å². The highest BCUT2D eigenvalue weighted by molar-refractivity contribution is 5.20. The minimum Gasteiger partial charge on any atom is -0.311 e. The van der Waals surface area contributed by atoms with E-state index in [4.69, 9.17) is 0 Å². The first-order chi connectivity index (χ1) is 9.15. The maximum atomic E-state index is 13.4. The largest absolute Gasteiger partial charge is 0.311 e. The van der Waals surface area contributed by atoms with Gasteiger partial charge < -0.3 is 5.32 Å². The molecule has 1 aromatic carbocycles. The minimum atomic E-state index is -0.133. The SMILES string of the molecule is CC1CNC(C2CC2)CN1C(C)c1cccc(F)c1. The van der Waals surface area contributed by atoms with E-state index in [1.165, 1.54) is 18.9 Å². The number of hydrogen-bond donors (Lipinski definition) is 1. The number of nitrogens with one attached hydrogen (secondary N) is 1. The predicted molar refractivity (Wildman–Crippen MR) is 75.5 cm³/mol. The summed E-state index contributed by atoms with van der Waals surface area (Å²) in [4.78, 5) is 2.52. The molecule has 3 atom stereocenters. The summed E-state index contributed by atoms with van der Waals surface area (Å²) in [6, 6.07) is 8.46. The normalized spacial score (nSPS) is 30.3.